The van der Waals surface area contributed by atoms with Gasteiger partial charge in [0.1, 0.15) is 0 Å². The van der Waals surface area contributed by atoms with Gasteiger partial charge in [-0.1, -0.05) is 84.9 Å². The molecule has 0 saturated carbocycles. The summed E-state index contributed by atoms with van der Waals surface area (Å²) in [4.78, 5) is 9.10. The van der Waals surface area contributed by atoms with Crippen molar-refractivity contribution in [3.05, 3.63) is 127 Å². The van der Waals surface area contributed by atoms with Crippen LogP contribution in [-0.2, 0) is 17.4 Å². The molecular formula is C28H23N2OP. The van der Waals surface area contributed by atoms with Gasteiger partial charge in [0.15, 0.2) is 12.8 Å². The minimum atomic E-state index is -3.01. The first-order valence-corrected chi connectivity index (χ1v) is 12.5. The van der Waals surface area contributed by atoms with Crippen molar-refractivity contribution in [3.8, 4) is 0 Å². The van der Waals surface area contributed by atoms with Crippen LogP contribution in [0, 0.1) is 0 Å². The Hall–Kier alpha value is -3.55. The van der Waals surface area contributed by atoms with Crippen molar-refractivity contribution in [1.82, 2.24) is 9.97 Å². The van der Waals surface area contributed by atoms with Crippen molar-refractivity contribution in [2.75, 3.05) is 0 Å². The molecule has 0 aliphatic rings. The molecule has 0 unspecified atom stereocenters. The zero-order valence-electron chi connectivity index (χ0n) is 17.6. The lowest BCUT2D eigenvalue weighted by Gasteiger charge is -2.22. The van der Waals surface area contributed by atoms with Gasteiger partial charge in [0.2, 0.25) is 0 Å². The predicted molar refractivity (Wildman–Crippen MR) is 133 cm³/mol. The molecule has 5 aromatic rings. The molecule has 32 heavy (non-hydrogen) atoms. The van der Waals surface area contributed by atoms with Gasteiger partial charge in [-0.3, -0.25) is 0 Å². The third kappa shape index (κ3) is 3.88. The Morgan fingerprint density at radius 2 is 1.28 bits per heavy atom. The molecule has 4 heteroatoms. The number of pyridine rings is 2. The van der Waals surface area contributed by atoms with Crippen LogP contribution in [0.15, 0.2) is 115 Å². The second-order valence-electron chi connectivity index (χ2n) is 7.76. The van der Waals surface area contributed by atoms with E-state index >= 15 is 0 Å². The molecule has 0 radical (unpaired) electrons. The van der Waals surface area contributed by atoms with Crippen LogP contribution in [-0.4, -0.2) is 9.97 Å². The number of benzene rings is 3. The highest BCUT2D eigenvalue weighted by molar-refractivity contribution is 7.85. The molecule has 0 aliphatic carbocycles. The Morgan fingerprint density at radius 3 is 2.00 bits per heavy atom. The van der Waals surface area contributed by atoms with E-state index < -0.39 is 7.14 Å². The molecular weight excluding hydrogens is 411 g/mol. The SMILES string of the molecule is O=P(c1ccccc1)(c1ccccc1)c1ccccc1CCc1ccc2cccnc2n1. The third-order valence-electron chi connectivity index (χ3n) is 5.74. The van der Waals surface area contributed by atoms with E-state index in [1.165, 1.54) is 0 Å². The van der Waals surface area contributed by atoms with Crippen molar-refractivity contribution >= 4 is 34.1 Å². The zero-order chi connectivity index (χ0) is 21.8. The van der Waals surface area contributed by atoms with Gasteiger partial charge in [0.25, 0.3) is 0 Å². The first-order chi connectivity index (χ1) is 15.7. The van der Waals surface area contributed by atoms with Crippen molar-refractivity contribution in [2.45, 2.75) is 12.8 Å². The van der Waals surface area contributed by atoms with Gasteiger partial charge in [0.05, 0.1) is 0 Å². The number of fused-ring (bicyclic) bond motifs is 1. The highest BCUT2D eigenvalue weighted by Crippen LogP contribution is 2.43. The lowest BCUT2D eigenvalue weighted by atomic mass is 10.1. The topological polar surface area (TPSA) is 42.9 Å². The summed E-state index contributed by atoms with van der Waals surface area (Å²) in [5.74, 6) is 0. The molecule has 0 bridgehead atoms. The summed E-state index contributed by atoms with van der Waals surface area (Å²) >= 11 is 0. The molecule has 3 nitrogen and oxygen atoms in total. The Bertz CT molecular complexity index is 1360. The van der Waals surface area contributed by atoms with Gasteiger partial charge in [-0.2, -0.15) is 0 Å². The van der Waals surface area contributed by atoms with Crippen LogP contribution in [0.4, 0.5) is 0 Å². The van der Waals surface area contributed by atoms with Gasteiger partial charge in [0, 0.05) is 33.2 Å². The van der Waals surface area contributed by atoms with E-state index in [1.807, 2.05) is 91.0 Å². The molecule has 2 heterocycles. The van der Waals surface area contributed by atoms with E-state index in [-0.39, 0.29) is 0 Å². The molecule has 3 aromatic carbocycles. The maximum atomic E-state index is 14.8. The molecule has 0 atom stereocenters. The molecule has 0 fully saturated rings. The average Bonchev–Trinajstić information content (AvgIpc) is 2.88. The Balaban J connectivity index is 1.55. The second-order valence-corrected chi connectivity index (χ2v) is 10.5. The first kappa shape index (κ1) is 20.4. The first-order valence-electron chi connectivity index (χ1n) is 10.8. The maximum absolute atomic E-state index is 14.8. The van der Waals surface area contributed by atoms with E-state index in [0.717, 1.165) is 51.0 Å². The van der Waals surface area contributed by atoms with Gasteiger partial charge in [-0.15, -0.1) is 0 Å². The highest BCUT2D eigenvalue weighted by atomic mass is 31.2. The van der Waals surface area contributed by atoms with Crippen LogP contribution in [0.25, 0.3) is 11.0 Å². The van der Waals surface area contributed by atoms with Crippen molar-refractivity contribution in [1.29, 1.82) is 0 Å². The lowest BCUT2D eigenvalue weighted by molar-refractivity contribution is 0.592. The highest BCUT2D eigenvalue weighted by Gasteiger charge is 2.31. The number of aryl methyl sites for hydroxylation is 2. The monoisotopic (exact) mass is 434 g/mol. The quantitative estimate of drug-likeness (QED) is 0.351. The summed E-state index contributed by atoms with van der Waals surface area (Å²) in [6, 6.07) is 35.8. The summed E-state index contributed by atoms with van der Waals surface area (Å²) < 4.78 is 14.8. The van der Waals surface area contributed by atoms with Crippen LogP contribution in [0.3, 0.4) is 0 Å². The van der Waals surface area contributed by atoms with E-state index in [9.17, 15) is 4.57 Å². The zero-order valence-corrected chi connectivity index (χ0v) is 18.5. The number of rotatable bonds is 6. The Morgan fingerprint density at radius 1 is 0.625 bits per heavy atom. The predicted octanol–water partition coefficient (Wildman–Crippen LogP) is 5.05. The number of nitrogens with zero attached hydrogens (tertiary/aromatic N) is 2. The number of hydrogen-bond acceptors (Lipinski definition) is 3. The largest absolute Gasteiger partial charge is 0.309 e. The molecule has 5 rings (SSSR count). The summed E-state index contributed by atoms with van der Waals surface area (Å²) in [6.45, 7) is 0. The maximum Gasteiger partial charge on any atom is 0.171 e. The molecule has 0 amide bonds. The molecule has 0 aliphatic heterocycles. The van der Waals surface area contributed by atoms with E-state index in [4.69, 9.17) is 4.98 Å². The second kappa shape index (κ2) is 8.90. The summed E-state index contributed by atoms with van der Waals surface area (Å²) in [5, 5.41) is 3.64. The fourth-order valence-electron chi connectivity index (χ4n) is 4.13. The average molecular weight is 434 g/mol. The van der Waals surface area contributed by atoms with Crippen molar-refractivity contribution in [2.24, 2.45) is 0 Å². The standard InChI is InChI=1S/C28H23N2OP/c31-32(25-12-3-1-4-13-25,26-14-5-2-6-15-26)27-16-8-7-10-22(27)17-19-24-20-18-23-11-9-21-29-28(23)30-24/h1-16,18,20-21H,17,19H2. The molecule has 0 N–H and O–H groups in total. The van der Waals surface area contributed by atoms with E-state index in [2.05, 4.69) is 23.2 Å². The molecule has 0 saturated heterocycles. The minimum absolute atomic E-state index is 0.755. The van der Waals surface area contributed by atoms with Crippen molar-refractivity contribution in [3.63, 3.8) is 0 Å². The third-order valence-corrected chi connectivity index (χ3v) is 8.91. The van der Waals surface area contributed by atoms with Gasteiger partial charge >= 0.3 is 0 Å². The van der Waals surface area contributed by atoms with Crippen LogP contribution < -0.4 is 15.9 Å². The lowest BCUT2D eigenvalue weighted by Crippen LogP contribution is -2.27. The van der Waals surface area contributed by atoms with Gasteiger partial charge in [-0.25, -0.2) is 9.97 Å². The van der Waals surface area contributed by atoms with Gasteiger partial charge in [-0.05, 0) is 42.7 Å². The molecule has 0 spiro atoms. The van der Waals surface area contributed by atoms with Crippen LogP contribution in [0.2, 0.25) is 0 Å². The van der Waals surface area contributed by atoms with Crippen LogP contribution in [0.5, 0.6) is 0 Å². The summed E-state index contributed by atoms with van der Waals surface area (Å²) in [5.41, 5.74) is 2.84. The Labute approximate surface area is 188 Å². The number of hydrogen-bond donors (Lipinski definition) is 0. The van der Waals surface area contributed by atoms with E-state index in [0.29, 0.717) is 0 Å². The van der Waals surface area contributed by atoms with Crippen LogP contribution in [0.1, 0.15) is 11.3 Å². The fourth-order valence-corrected chi connectivity index (χ4v) is 7.05. The molecule has 156 valence electrons. The molecule has 2 aromatic heterocycles. The fraction of sp³-hybridized carbons (Fsp3) is 0.0714. The smallest absolute Gasteiger partial charge is 0.171 e. The minimum Gasteiger partial charge on any atom is -0.309 e. The van der Waals surface area contributed by atoms with Crippen molar-refractivity contribution < 1.29 is 4.57 Å². The normalized spacial score (nSPS) is 11.5. The summed E-state index contributed by atoms with van der Waals surface area (Å²) in [6.07, 6.45) is 3.28. The van der Waals surface area contributed by atoms with Crippen LogP contribution >= 0.6 is 7.14 Å². The summed E-state index contributed by atoms with van der Waals surface area (Å²) in [7, 11) is -3.01. The van der Waals surface area contributed by atoms with E-state index in [1.54, 1.807) is 6.20 Å². The Kier molecular flexibility index (Phi) is 5.66. The van der Waals surface area contributed by atoms with Gasteiger partial charge < -0.3 is 4.57 Å². The number of aromatic nitrogens is 2.